The van der Waals surface area contributed by atoms with Crippen molar-refractivity contribution in [3.8, 4) is 0 Å². The number of likely N-dealkylation sites (tertiary alicyclic amines) is 1. The molecule has 1 amide bonds. The summed E-state index contributed by atoms with van der Waals surface area (Å²) in [4.78, 5) is 14.8. The van der Waals surface area contributed by atoms with Crippen molar-refractivity contribution in [1.82, 2.24) is 4.90 Å². The molecular weight excluding hydrogens is 302 g/mol. The van der Waals surface area contributed by atoms with Crippen LogP contribution < -0.4 is 0 Å². The SMILES string of the molecule is O=C([C@H]1C[C@H]1c1cccc(Br)c1)N1C[C@H]2CC[C@H]1C2. The van der Waals surface area contributed by atoms with Gasteiger partial charge in [-0.3, -0.25) is 4.79 Å². The lowest BCUT2D eigenvalue weighted by atomic mass is 10.1. The van der Waals surface area contributed by atoms with E-state index in [1.54, 1.807) is 0 Å². The summed E-state index contributed by atoms with van der Waals surface area (Å²) in [7, 11) is 0. The van der Waals surface area contributed by atoms with Gasteiger partial charge in [0.15, 0.2) is 0 Å². The van der Waals surface area contributed by atoms with Crippen LogP contribution in [0.15, 0.2) is 28.7 Å². The van der Waals surface area contributed by atoms with Crippen LogP contribution in [-0.2, 0) is 4.79 Å². The van der Waals surface area contributed by atoms with E-state index >= 15 is 0 Å². The number of nitrogens with zero attached hydrogens (tertiary/aromatic N) is 1. The van der Waals surface area contributed by atoms with Crippen LogP contribution in [0.25, 0.3) is 0 Å². The van der Waals surface area contributed by atoms with E-state index in [-0.39, 0.29) is 5.92 Å². The zero-order valence-corrected chi connectivity index (χ0v) is 12.5. The second-order valence-electron chi connectivity index (χ2n) is 6.33. The summed E-state index contributed by atoms with van der Waals surface area (Å²) in [5, 5.41) is 0. The number of rotatable bonds is 2. The van der Waals surface area contributed by atoms with E-state index < -0.39 is 0 Å². The number of carbonyl (C=O) groups is 1. The molecular formula is C16H18BrNO. The average molecular weight is 320 g/mol. The van der Waals surface area contributed by atoms with Gasteiger partial charge in [-0.25, -0.2) is 0 Å². The topological polar surface area (TPSA) is 20.3 Å². The maximum Gasteiger partial charge on any atom is 0.226 e. The van der Waals surface area contributed by atoms with Gasteiger partial charge in [0.25, 0.3) is 0 Å². The monoisotopic (exact) mass is 319 g/mol. The lowest BCUT2D eigenvalue weighted by Gasteiger charge is -2.27. The van der Waals surface area contributed by atoms with Crippen LogP contribution in [0.4, 0.5) is 0 Å². The summed E-state index contributed by atoms with van der Waals surface area (Å²) in [6.07, 6.45) is 4.89. The fraction of sp³-hybridized carbons (Fsp3) is 0.562. The van der Waals surface area contributed by atoms with E-state index in [1.165, 1.54) is 24.8 Å². The molecule has 1 aliphatic heterocycles. The van der Waals surface area contributed by atoms with Crippen molar-refractivity contribution >= 4 is 21.8 Å². The van der Waals surface area contributed by atoms with Gasteiger partial charge in [0.1, 0.15) is 0 Å². The van der Waals surface area contributed by atoms with Crippen molar-refractivity contribution in [1.29, 1.82) is 0 Å². The Hall–Kier alpha value is -0.830. The standard InChI is InChI=1S/C16H18BrNO/c17-12-3-1-2-11(7-12)14-8-15(14)16(19)18-9-10-4-5-13(18)6-10/h1-3,7,10,13-15H,4-6,8-9H2/t10-,13-,14-,15-/m0/s1. The van der Waals surface area contributed by atoms with E-state index in [0.717, 1.165) is 23.4 Å². The van der Waals surface area contributed by atoms with Crippen molar-refractivity contribution < 1.29 is 4.79 Å². The Bertz CT molecular complexity index is 529. The fourth-order valence-electron chi connectivity index (χ4n) is 3.98. The van der Waals surface area contributed by atoms with Gasteiger partial charge >= 0.3 is 0 Å². The van der Waals surface area contributed by atoms with Gasteiger partial charge in [-0.05, 0) is 55.2 Å². The van der Waals surface area contributed by atoms with Crippen LogP contribution in [0.2, 0.25) is 0 Å². The number of piperidine rings is 1. The molecule has 2 saturated carbocycles. The molecule has 3 aliphatic rings. The summed E-state index contributed by atoms with van der Waals surface area (Å²) in [5.41, 5.74) is 1.32. The van der Waals surface area contributed by atoms with Crippen LogP contribution in [0.3, 0.4) is 0 Å². The van der Waals surface area contributed by atoms with Gasteiger partial charge < -0.3 is 4.90 Å². The first-order valence-electron chi connectivity index (χ1n) is 7.28. The van der Waals surface area contributed by atoms with Crippen molar-refractivity contribution in [2.75, 3.05) is 6.54 Å². The summed E-state index contributed by atoms with van der Waals surface area (Å²) in [5.74, 6) is 1.95. The van der Waals surface area contributed by atoms with E-state index in [0.29, 0.717) is 17.9 Å². The molecule has 1 aromatic carbocycles. The highest BCUT2D eigenvalue weighted by Crippen LogP contribution is 2.50. The van der Waals surface area contributed by atoms with Crippen LogP contribution >= 0.6 is 15.9 Å². The van der Waals surface area contributed by atoms with Gasteiger partial charge in [-0.1, -0.05) is 28.1 Å². The second kappa shape index (κ2) is 4.34. The third kappa shape index (κ3) is 2.03. The second-order valence-corrected chi connectivity index (χ2v) is 7.24. The minimum Gasteiger partial charge on any atom is -0.339 e. The molecule has 0 spiro atoms. The average Bonchev–Trinajstić information content (AvgIpc) is 2.93. The molecule has 4 rings (SSSR count). The highest BCUT2D eigenvalue weighted by Gasteiger charge is 2.50. The minimum atomic E-state index is 0.258. The van der Waals surface area contributed by atoms with Crippen molar-refractivity contribution in [3.05, 3.63) is 34.3 Å². The number of amides is 1. The van der Waals surface area contributed by atoms with Gasteiger partial charge in [-0.15, -0.1) is 0 Å². The van der Waals surface area contributed by atoms with Crippen LogP contribution in [-0.4, -0.2) is 23.4 Å². The zero-order valence-electron chi connectivity index (χ0n) is 10.9. The molecule has 0 aromatic heterocycles. The predicted molar refractivity (Wildman–Crippen MR) is 77.8 cm³/mol. The largest absolute Gasteiger partial charge is 0.339 e. The molecule has 3 heteroatoms. The molecule has 2 aliphatic carbocycles. The van der Waals surface area contributed by atoms with Crippen LogP contribution in [0.1, 0.15) is 37.2 Å². The molecule has 1 saturated heterocycles. The highest BCUT2D eigenvalue weighted by atomic mass is 79.9. The number of hydrogen-bond donors (Lipinski definition) is 0. The summed E-state index contributed by atoms with van der Waals surface area (Å²) in [6, 6.07) is 8.99. The van der Waals surface area contributed by atoms with Crippen molar-refractivity contribution in [3.63, 3.8) is 0 Å². The Morgan fingerprint density at radius 1 is 1.26 bits per heavy atom. The van der Waals surface area contributed by atoms with Gasteiger partial charge in [0.05, 0.1) is 0 Å². The summed E-state index contributed by atoms with van der Waals surface area (Å²) in [6.45, 7) is 1.03. The summed E-state index contributed by atoms with van der Waals surface area (Å²) < 4.78 is 1.11. The van der Waals surface area contributed by atoms with Crippen LogP contribution in [0, 0.1) is 11.8 Å². The third-order valence-corrected chi connectivity index (χ3v) is 5.57. The highest BCUT2D eigenvalue weighted by molar-refractivity contribution is 9.10. The molecule has 1 heterocycles. The van der Waals surface area contributed by atoms with E-state index in [4.69, 9.17) is 0 Å². The van der Waals surface area contributed by atoms with Gasteiger partial charge in [0.2, 0.25) is 5.91 Å². The number of hydrogen-bond acceptors (Lipinski definition) is 1. The molecule has 2 bridgehead atoms. The molecule has 100 valence electrons. The summed E-state index contributed by atoms with van der Waals surface area (Å²) >= 11 is 3.51. The zero-order chi connectivity index (χ0) is 13.0. The first-order valence-corrected chi connectivity index (χ1v) is 8.07. The number of carbonyl (C=O) groups excluding carboxylic acids is 1. The fourth-order valence-corrected chi connectivity index (χ4v) is 4.40. The van der Waals surface area contributed by atoms with Gasteiger partial charge in [0, 0.05) is 23.0 Å². The predicted octanol–water partition coefficient (Wildman–Crippen LogP) is 3.56. The van der Waals surface area contributed by atoms with E-state index in [1.807, 2.05) is 6.07 Å². The third-order valence-electron chi connectivity index (χ3n) is 5.08. The molecule has 3 fully saturated rings. The molecule has 0 radical (unpaired) electrons. The van der Waals surface area contributed by atoms with E-state index in [9.17, 15) is 4.79 Å². The number of fused-ring (bicyclic) bond motifs is 2. The Balaban J connectivity index is 1.46. The molecule has 19 heavy (non-hydrogen) atoms. The Morgan fingerprint density at radius 2 is 2.16 bits per heavy atom. The maximum absolute atomic E-state index is 12.6. The number of halogens is 1. The normalized spacial score (nSPS) is 35.7. The van der Waals surface area contributed by atoms with Crippen molar-refractivity contribution in [2.45, 2.75) is 37.6 Å². The lowest BCUT2D eigenvalue weighted by Crippen LogP contribution is -2.38. The first kappa shape index (κ1) is 12.0. The molecule has 0 unspecified atom stereocenters. The van der Waals surface area contributed by atoms with Gasteiger partial charge in [-0.2, -0.15) is 0 Å². The van der Waals surface area contributed by atoms with Crippen LogP contribution in [0.5, 0.6) is 0 Å². The Morgan fingerprint density at radius 3 is 2.84 bits per heavy atom. The Kier molecular flexibility index (Phi) is 2.73. The number of benzene rings is 1. The molecule has 1 aromatic rings. The quantitative estimate of drug-likeness (QED) is 0.816. The molecule has 4 atom stereocenters. The maximum atomic E-state index is 12.6. The first-order chi connectivity index (χ1) is 9.22. The molecule has 0 N–H and O–H groups in total. The lowest BCUT2D eigenvalue weighted by molar-refractivity contribution is -0.134. The van der Waals surface area contributed by atoms with E-state index in [2.05, 4.69) is 39.0 Å². The molecule has 2 nitrogen and oxygen atoms in total. The Labute approximate surface area is 122 Å². The van der Waals surface area contributed by atoms with Crippen molar-refractivity contribution in [2.24, 2.45) is 11.8 Å². The minimum absolute atomic E-state index is 0.258. The smallest absolute Gasteiger partial charge is 0.226 e.